The molecule has 6 nitrogen and oxygen atoms in total. The van der Waals surface area contributed by atoms with E-state index in [0.29, 0.717) is 11.6 Å². The Morgan fingerprint density at radius 1 is 1.07 bits per heavy atom. The molecule has 1 atom stereocenters. The van der Waals surface area contributed by atoms with Gasteiger partial charge >= 0.3 is 0 Å². The van der Waals surface area contributed by atoms with Gasteiger partial charge < -0.3 is 4.74 Å². The molecule has 28 heavy (non-hydrogen) atoms. The lowest BCUT2D eigenvalue weighted by atomic mass is 10.1. The first kappa shape index (κ1) is 19.0. The van der Waals surface area contributed by atoms with Crippen LogP contribution in [0, 0.1) is 6.92 Å². The van der Waals surface area contributed by atoms with Crippen LogP contribution in [0.1, 0.15) is 12.0 Å². The van der Waals surface area contributed by atoms with Crippen molar-refractivity contribution in [2.24, 2.45) is 0 Å². The molecule has 1 saturated heterocycles. The maximum absolute atomic E-state index is 11.8. The second-order valence-electron chi connectivity index (χ2n) is 6.85. The van der Waals surface area contributed by atoms with E-state index in [1.165, 1.54) is 17.3 Å². The molecule has 0 spiro atoms. The Hall–Kier alpha value is -2.32. The van der Waals surface area contributed by atoms with Gasteiger partial charge in [0.15, 0.2) is 20.8 Å². The van der Waals surface area contributed by atoms with Crippen molar-refractivity contribution in [1.82, 2.24) is 14.8 Å². The van der Waals surface area contributed by atoms with E-state index in [4.69, 9.17) is 4.74 Å². The molecule has 0 bridgehead atoms. The van der Waals surface area contributed by atoms with Crippen molar-refractivity contribution in [3.63, 3.8) is 0 Å². The molecule has 0 radical (unpaired) electrons. The lowest BCUT2D eigenvalue weighted by Gasteiger charge is -2.13. The summed E-state index contributed by atoms with van der Waals surface area (Å²) in [5.41, 5.74) is 3.04. The third kappa shape index (κ3) is 3.93. The summed E-state index contributed by atoms with van der Waals surface area (Å²) in [6.07, 6.45) is 0.641. The van der Waals surface area contributed by atoms with Gasteiger partial charge in [0.05, 0.1) is 18.6 Å². The highest BCUT2D eigenvalue weighted by atomic mass is 32.2. The Bertz CT molecular complexity index is 1070. The summed E-state index contributed by atoms with van der Waals surface area (Å²) >= 11 is 1.48. The molecule has 0 N–H and O–H groups in total. The van der Waals surface area contributed by atoms with E-state index in [9.17, 15) is 8.42 Å². The van der Waals surface area contributed by atoms with Gasteiger partial charge in [-0.25, -0.2) is 8.42 Å². The molecular formula is C20H21N3O3S2. The molecule has 2 heterocycles. The van der Waals surface area contributed by atoms with Gasteiger partial charge in [0.1, 0.15) is 5.75 Å². The van der Waals surface area contributed by atoms with Crippen molar-refractivity contribution >= 4 is 21.6 Å². The summed E-state index contributed by atoms with van der Waals surface area (Å²) < 4.78 is 30.9. The number of methoxy groups -OCH3 is 1. The number of aryl methyl sites for hydroxylation is 1. The molecule has 1 aromatic heterocycles. The fraction of sp³-hybridized carbons (Fsp3) is 0.300. The van der Waals surface area contributed by atoms with Gasteiger partial charge in [-0.1, -0.05) is 41.6 Å². The summed E-state index contributed by atoms with van der Waals surface area (Å²) in [5.74, 6) is 1.93. The summed E-state index contributed by atoms with van der Waals surface area (Å²) in [6.45, 7) is 2.04. The fourth-order valence-corrected chi connectivity index (χ4v) is 6.71. The molecule has 2 aromatic carbocycles. The van der Waals surface area contributed by atoms with Crippen LogP contribution in [0.5, 0.6) is 5.75 Å². The van der Waals surface area contributed by atoms with Crippen LogP contribution in [-0.2, 0) is 9.84 Å². The van der Waals surface area contributed by atoms with Gasteiger partial charge in [-0.3, -0.25) is 4.57 Å². The molecule has 146 valence electrons. The first-order valence-electron chi connectivity index (χ1n) is 8.99. The van der Waals surface area contributed by atoms with Gasteiger partial charge in [-0.05, 0) is 37.6 Å². The standard InChI is InChI=1S/C20H21N3O3S2/c1-14-3-5-15(6-4-14)19-21-22-20(27-18-11-12-28(24,25)13-18)23(19)16-7-9-17(26-2)10-8-16/h3-10,18H,11-13H2,1-2H3. The predicted octanol–water partition coefficient (Wildman–Crippen LogP) is 3.53. The van der Waals surface area contributed by atoms with Crippen molar-refractivity contribution in [3.8, 4) is 22.8 Å². The first-order chi connectivity index (χ1) is 13.4. The summed E-state index contributed by atoms with van der Waals surface area (Å²) in [4.78, 5) is 0. The normalized spacial score (nSPS) is 18.3. The Morgan fingerprint density at radius 3 is 2.39 bits per heavy atom. The lowest BCUT2D eigenvalue weighted by molar-refractivity contribution is 0.414. The van der Waals surface area contributed by atoms with E-state index in [-0.39, 0.29) is 16.8 Å². The number of rotatable bonds is 5. The molecule has 3 aromatic rings. The molecule has 8 heteroatoms. The highest BCUT2D eigenvalue weighted by molar-refractivity contribution is 8.01. The average molecular weight is 416 g/mol. The zero-order chi connectivity index (χ0) is 19.7. The number of aromatic nitrogens is 3. The Balaban J connectivity index is 1.76. The average Bonchev–Trinajstić information content (AvgIpc) is 3.25. The SMILES string of the molecule is COc1ccc(-n2c(SC3CCS(=O)(=O)C3)nnc2-c2ccc(C)cc2)cc1. The smallest absolute Gasteiger partial charge is 0.196 e. The van der Waals surface area contributed by atoms with Crippen LogP contribution in [0.3, 0.4) is 0 Å². The van der Waals surface area contributed by atoms with Gasteiger partial charge in [-0.2, -0.15) is 0 Å². The summed E-state index contributed by atoms with van der Waals surface area (Å²) in [7, 11) is -1.31. The number of thioether (sulfide) groups is 1. The maximum Gasteiger partial charge on any atom is 0.196 e. The van der Waals surface area contributed by atoms with Crippen molar-refractivity contribution in [2.75, 3.05) is 18.6 Å². The lowest BCUT2D eigenvalue weighted by Crippen LogP contribution is -2.08. The van der Waals surface area contributed by atoms with Crippen LogP contribution >= 0.6 is 11.8 Å². The van der Waals surface area contributed by atoms with Gasteiger partial charge in [0, 0.05) is 16.5 Å². The summed E-state index contributed by atoms with van der Waals surface area (Å²) in [5, 5.41) is 9.51. The quantitative estimate of drug-likeness (QED) is 0.635. The van der Waals surface area contributed by atoms with Crippen LogP contribution in [0.4, 0.5) is 0 Å². The molecule has 1 fully saturated rings. The Kier molecular flexibility index (Phi) is 5.16. The highest BCUT2D eigenvalue weighted by Gasteiger charge is 2.30. The molecule has 0 saturated carbocycles. The van der Waals surface area contributed by atoms with Crippen LogP contribution in [0.15, 0.2) is 53.7 Å². The largest absolute Gasteiger partial charge is 0.497 e. The molecule has 4 rings (SSSR count). The number of hydrogen-bond acceptors (Lipinski definition) is 6. The zero-order valence-electron chi connectivity index (χ0n) is 15.7. The number of sulfone groups is 1. The van der Waals surface area contributed by atoms with Crippen molar-refractivity contribution in [3.05, 3.63) is 54.1 Å². The van der Waals surface area contributed by atoms with Crippen LogP contribution in [0.25, 0.3) is 17.1 Å². The number of nitrogens with zero attached hydrogens (tertiary/aromatic N) is 3. The molecule has 1 aliphatic heterocycles. The Labute approximate surface area is 168 Å². The van der Waals surface area contributed by atoms with Gasteiger partial charge in [-0.15, -0.1) is 10.2 Å². The minimum absolute atomic E-state index is 0.00272. The minimum Gasteiger partial charge on any atom is -0.497 e. The maximum atomic E-state index is 11.8. The van der Waals surface area contributed by atoms with Crippen LogP contribution < -0.4 is 4.74 Å². The van der Waals surface area contributed by atoms with E-state index < -0.39 is 9.84 Å². The van der Waals surface area contributed by atoms with Crippen molar-refractivity contribution in [1.29, 1.82) is 0 Å². The molecular weight excluding hydrogens is 394 g/mol. The van der Waals surface area contributed by atoms with E-state index in [0.717, 1.165) is 22.8 Å². The second kappa shape index (κ2) is 7.60. The number of ether oxygens (including phenoxy) is 1. The van der Waals surface area contributed by atoms with E-state index in [1.807, 2.05) is 60.0 Å². The van der Waals surface area contributed by atoms with E-state index in [2.05, 4.69) is 10.2 Å². The third-order valence-corrected chi connectivity index (χ3v) is 7.93. The molecule has 0 aliphatic carbocycles. The topological polar surface area (TPSA) is 74.1 Å². The van der Waals surface area contributed by atoms with E-state index in [1.54, 1.807) is 7.11 Å². The Morgan fingerprint density at radius 2 is 1.79 bits per heavy atom. The first-order valence-corrected chi connectivity index (χ1v) is 11.7. The monoisotopic (exact) mass is 415 g/mol. The van der Waals surface area contributed by atoms with Gasteiger partial charge in [0.2, 0.25) is 0 Å². The second-order valence-corrected chi connectivity index (χ2v) is 10.3. The predicted molar refractivity (Wildman–Crippen MR) is 111 cm³/mol. The fourth-order valence-electron chi connectivity index (χ4n) is 3.20. The third-order valence-electron chi connectivity index (χ3n) is 4.74. The number of hydrogen-bond donors (Lipinski definition) is 0. The van der Waals surface area contributed by atoms with Gasteiger partial charge in [0.25, 0.3) is 0 Å². The van der Waals surface area contributed by atoms with Crippen LogP contribution in [0.2, 0.25) is 0 Å². The molecule has 1 unspecified atom stereocenters. The van der Waals surface area contributed by atoms with E-state index >= 15 is 0 Å². The molecule has 0 amide bonds. The molecule has 1 aliphatic rings. The van der Waals surface area contributed by atoms with Crippen molar-refractivity contribution < 1.29 is 13.2 Å². The van der Waals surface area contributed by atoms with Crippen molar-refractivity contribution in [2.45, 2.75) is 23.8 Å². The number of benzene rings is 2. The highest BCUT2D eigenvalue weighted by Crippen LogP contribution is 2.34. The van der Waals surface area contributed by atoms with Crippen LogP contribution in [-0.4, -0.2) is 47.0 Å². The summed E-state index contributed by atoms with van der Waals surface area (Å²) in [6, 6.07) is 15.8. The zero-order valence-corrected chi connectivity index (χ0v) is 17.3. The minimum atomic E-state index is -2.95.